The third-order valence-electron chi connectivity index (χ3n) is 5.40. The largest absolute Gasteiger partial charge is 0.369 e. The van der Waals surface area contributed by atoms with Crippen molar-refractivity contribution < 1.29 is 14.0 Å². The van der Waals surface area contributed by atoms with Gasteiger partial charge in [0.25, 0.3) is 5.91 Å². The van der Waals surface area contributed by atoms with Gasteiger partial charge in [0.05, 0.1) is 22.9 Å². The highest BCUT2D eigenvalue weighted by Gasteiger charge is 2.15. The summed E-state index contributed by atoms with van der Waals surface area (Å²) in [6, 6.07) is 18.9. The maximum Gasteiger partial charge on any atom is 0.255 e. The Labute approximate surface area is 209 Å². The molecule has 5 N–H and O–H groups in total. The normalized spacial score (nSPS) is 10.4. The van der Waals surface area contributed by atoms with E-state index in [1.807, 2.05) is 12.1 Å². The standard InChI is InChI=1S/C27H29FN6O2/c28-21-7-3-5-19(17-21)12-14-32-26-23(27(36)33-16-15-31-25(35)9-4-13-29)10-11-24(34-26)22-8-2-1-6-20(22)18-30/h1-3,5-8,10-11,17H,4,9,12-16,29H2,(H,31,35)(H,32,34)(H,33,36). The Morgan fingerprint density at radius 3 is 2.58 bits per heavy atom. The van der Waals surface area contributed by atoms with Crippen LogP contribution in [0.2, 0.25) is 0 Å². The lowest BCUT2D eigenvalue weighted by molar-refractivity contribution is -0.121. The number of nitrogens with one attached hydrogen (secondary N) is 3. The average molecular weight is 489 g/mol. The zero-order valence-electron chi connectivity index (χ0n) is 19.9. The van der Waals surface area contributed by atoms with Crippen LogP contribution in [-0.4, -0.2) is 43.0 Å². The van der Waals surface area contributed by atoms with Gasteiger partial charge < -0.3 is 21.7 Å². The summed E-state index contributed by atoms with van der Waals surface area (Å²) in [4.78, 5) is 29.2. The van der Waals surface area contributed by atoms with Gasteiger partial charge in [0.15, 0.2) is 0 Å². The number of benzene rings is 2. The molecule has 0 bridgehead atoms. The molecule has 2 amide bonds. The fourth-order valence-corrected chi connectivity index (χ4v) is 3.57. The summed E-state index contributed by atoms with van der Waals surface area (Å²) in [7, 11) is 0. The molecular formula is C27H29FN6O2. The summed E-state index contributed by atoms with van der Waals surface area (Å²) in [5, 5.41) is 18.2. The summed E-state index contributed by atoms with van der Waals surface area (Å²) in [5.41, 5.74) is 8.21. The van der Waals surface area contributed by atoms with Crippen molar-refractivity contribution in [3.63, 3.8) is 0 Å². The first-order valence-electron chi connectivity index (χ1n) is 11.8. The van der Waals surface area contributed by atoms with Gasteiger partial charge in [-0.3, -0.25) is 9.59 Å². The molecule has 0 spiro atoms. The van der Waals surface area contributed by atoms with Crippen LogP contribution < -0.4 is 21.7 Å². The first kappa shape index (κ1) is 26.3. The predicted octanol–water partition coefficient (Wildman–Crippen LogP) is 3.00. The smallest absolute Gasteiger partial charge is 0.255 e. The molecule has 0 unspecified atom stereocenters. The first-order chi connectivity index (χ1) is 17.5. The molecule has 36 heavy (non-hydrogen) atoms. The average Bonchev–Trinajstić information content (AvgIpc) is 2.89. The van der Waals surface area contributed by atoms with E-state index in [1.54, 1.807) is 36.4 Å². The van der Waals surface area contributed by atoms with Crippen molar-refractivity contribution in [3.05, 3.63) is 83.2 Å². The minimum absolute atomic E-state index is 0.114. The van der Waals surface area contributed by atoms with Gasteiger partial charge in [-0.15, -0.1) is 0 Å². The lowest BCUT2D eigenvalue weighted by Gasteiger charge is -2.14. The highest BCUT2D eigenvalue weighted by atomic mass is 19.1. The number of aromatic nitrogens is 1. The number of halogens is 1. The van der Waals surface area contributed by atoms with Crippen LogP contribution >= 0.6 is 0 Å². The number of nitrogens with two attached hydrogens (primary N) is 1. The molecule has 0 radical (unpaired) electrons. The quantitative estimate of drug-likeness (QED) is 0.290. The fourth-order valence-electron chi connectivity index (χ4n) is 3.57. The van der Waals surface area contributed by atoms with Gasteiger partial charge in [-0.2, -0.15) is 5.26 Å². The number of carbonyl (C=O) groups excluding carboxylic acids is 2. The molecule has 3 aromatic rings. The second-order valence-electron chi connectivity index (χ2n) is 8.05. The zero-order chi connectivity index (χ0) is 25.8. The van der Waals surface area contributed by atoms with E-state index in [0.717, 1.165) is 5.56 Å². The molecule has 0 saturated carbocycles. The number of hydrogen-bond acceptors (Lipinski definition) is 6. The molecule has 1 heterocycles. The number of amides is 2. The van der Waals surface area contributed by atoms with E-state index < -0.39 is 0 Å². The van der Waals surface area contributed by atoms with Crippen LogP contribution in [-0.2, 0) is 11.2 Å². The summed E-state index contributed by atoms with van der Waals surface area (Å²) < 4.78 is 13.5. The molecule has 1 aromatic heterocycles. The molecule has 0 aliphatic heterocycles. The van der Waals surface area contributed by atoms with E-state index in [0.29, 0.717) is 67.1 Å². The van der Waals surface area contributed by atoms with Crippen LogP contribution in [0.15, 0.2) is 60.7 Å². The number of nitriles is 1. The molecule has 2 aromatic carbocycles. The van der Waals surface area contributed by atoms with Crippen molar-refractivity contribution in [1.82, 2.24) is 15.6 Å². The van der Waals surface area contributed by atoms with E-state index in [9.17, 15) is 19.2 Å². The molecular weight excluding hydrogens is 459 g/mol. The summed E-state index contributed by atoms with van der Waals surface area (Å²) in [6.45, 7) is 1.39. The van der Waals surface area contributed by atoms with Crippen molar-refractivity contribution in [2.24, 2.45) is 5.73 Å². The van der Waals surface area contributed by atoms with Gasteiger partial charge in [0.1, 0.15) is 11.6 Å². The molecule has 0 aliphatic rings. The molecule has 0 aliphatic carbocycles. The number of pyridine rings is 1. The Kier molecular flexibility index (Phi) is 9.91. The fraction of sp³-hybridized carbons (Fsp3) is 0.259. The Bertz CT molecular complexity index is 1240. The van der Waals surface area contributed by atoms with Crippen LogP contribution in [0.5, 0.6) is 0 Å². The Morgan fingerprint density at radius 2 is 1.81 bits per heavy atom. The van der Waals surface area contributed by atoms with E-state index in [4.69, 9.17) is 5.73 Å². The van der Waals surface area contributed by atoms with Crippen molar-refractivity contribution in [1.29, 1.82) is 5.26 Å². The molecule has 9 heteroatoms. The Morgan fingerprint density at radius 1 is 1.00 bits per heavy atom. The molecule has 0 atom stereocenters. The van der Waals surface area contributed by atoms with Crippen LogP contribution in [0.1, 0.15) is 34.3 Å². The topological polar surface area (TPSA) is 133 Å². The zero-order valence-corrected chi connectivity index (χ0v) is 19.9. The van der Waals surface area contributed by atoms with Crippen molar-refractivity contribution in [3.8, 4) is 17.3 Å². The van der Waals surface area contributed by atoms with Gasteiger partial charge in [-0.25, -0.2) is 9.37 Å². The number of rotatable bonds is 12. The van der Waals surface area contributed by atoms with Crippen LogP contribution in [0.4, 0.5) is 10.2 Å². The predicted molar refractivity (Wildman–Crippen MR) is 137 cm³/mol. The van der Waals surface area contributed by atoms with Gasteiger partial charge >= 0.3 is 0 Å². The van der Waals surface area contributed by atoms with Crippen molar-refractivity contribution in [2.75, 3.05) is 31.5 Å². The van der Waals surface area contributed by atoms with Gasteiger partial charge in [0.2, 0.25) is 5.91 Å². The number of nitrogens with zero attached hydrogens (tertiary/aromatic N) is 2. The second kappa shape index (κ2) is 13.6. The monoisotopic (exact) mass is 488 g/mol. The summed E-state index contributed by atoms with van der Waals surface area (Å²) in [6.07, 6.45) is 1.48. The summed E-state index contributed by atoms with van der Waals surface area (Å²) >= 11 is 0. The first-order valence-corrected chi connectivity index (χ1v) is 11.8. The number of hydrogen-bond donors (Lipinski definition) is 4. The van der Waals surface area contributed by atoms with Gasteiger partial charge in [-0.1, -0.05) is 30.3 Å². The second-order valence-corrected chi connectivity index (χ2v) is 8.05. The summed E-state index contributed by atoms with van der Waals surface area (Å²) in [5.74, 6) is -0.430. The van der Waals surface area contributed by atoms with E-state index in [1.165, 1.54) is 12.1 Å². The third kappa shape index (κ3) is 7.61. The number of anilines is 1. The highest BCUT2D eigenvalue weighted by molar-refractivity contribution is 5.99. The van der Waals surface area contributed by atoms with Crippen LogP contribution in [0, 0.1) is 17.1 Å². The van der Waals surface area contributed by atoms with Gasteiger partial charge in [0, 0.05) is 31.6 Å². The molecule has 8 nitrogen and oxygen atoms in total. The lowest BCUT2D eigenvalue weighted by atomic mass is 10.0. The lowest BCUT2D eigenvalue weighted by Crippen LogP contribution is -2.35. The van der Waals surface area contributed by atoms with E-state index in [-0.39, 0.29) is 24.2 Å². The van der Waals surface area contributed by atoms with Gasteiger partial charge in [-0.05, 0) is 55.3 Å². The van der Waals surface area contributed by atoms with Crippen molar-refractivity contribution in [2.45, 2.75) is 19.3 Å². The highest BCUT2D eigenvalue weighted by Crippen LogP contribution is 2.25. The third-order valence-corrected chi connectivity index (χ3v) is 5.40. The number of carbonyl (C=O) groups is 2. The van der Waals surface area contributed by atoms with Crippen molar-refractivity contribution >= 4 is 17.6 Å². The maximum absolute atomic E-state index is 13.5. The Balaban J connectivity index is 1.74. The minimum atomic E-state index is -0.355. The molecule has 0 saturated heterocycles. The molecule has 3 rings (SSSR count). The van der Waals surface area contributed by atoms with E-state index >= 15 is 0 Å². The van der Waals surface area contributed by atoms with E-state index in [2.05, 4.69) is 27.0 Å². The Hall–Kier alpha value is -4.29. The SMILES string of the molecule is N#Cc1ccccc1-c1ccc(C(=O)NCCNC(=O)CCCN)c(NCCc2cccc(F)c2)n1. The van der Waals surface area contributed by atoms with Crippen LogP contribution in [0.3, 0.4) is 0 Å². The minimum Gasteiger partial charge on any atom is -0.369 e. The maximum atomic E-state index is 13.5. The van der Waals surface area contributed by atoms with Crippen LogP contribution in [0.25, 0.3) is 11.3 Å². The molecule has 186 valence electrons. The molecule has 0 fully saturated rings.